The molecule has 6 aromatic carbocycles. The molecule has 3 aromatic heterocycles. The average Bonchev–Trinajstić information content (AvgIpc) is 4.45. The van der Waals surface area contributed by atoms with E-state index >= 15 is 8.78 Å². The van der Waals surface area contributed by atoms with Crippen LogP contribution in [0.15, 0.2) is 122 Å². The predicted octanol–water partition coefficient (Wildman–Crippen LogP) is 12.1. The highest BCUT2D eigenvalue weighted by Crippen LogP contribution is 2.30. The van der Waals surface area contributed by atoms with E-state index in [0.29, 0.717) is 98.8 Å². The topological polar surface area (TPSA) is 184 Å². The van der Waals surface area contributed by atoms with E-state index in [-0.39, 0.29) is 60.6 Å². The molecule has 9 aromatic rings. The number of carbonyl (C=O) groups is 3. The summed E-state index contributed by atoms with van der Waals surface area (Å²) in [5.74, 6) is -2.18. The van der Waals surface area contributed by atoms with Crippen molar-refractivity contribution in [3.63, 3.8) is 0 Å². The Morgan fingerprint density at radius 1 is 0.624 bits per heavy atom. The Kier molecular flexibility index (Phi) is 18.5. The van der Waals surface area contributed by atoms with Gasteiger partial charge in [0.15, 0.2) is 0 Å². The smallest absolute Gasteiger partial charge is 0.337 e. The van der Waals surface area contributed by atoms with E-state index in [0.717, 1.165) is 23.9 Å². The van der Waals surface area contributed by atoms with Crippen LogP contribution in [0.2, 0.25) is 10.0 Å². The quantitative estimate of drug-likeness (QED) is 0.0543. The van der Waals surface area contributed by atoms with Gasteiger partial charge in [-0.1, -0.05) is 47.5 Å². The Balaban J connectivity index is 0.000000189. The second kappa shape index (κ2) is 26.4. The molecule has 0 bridgehead atoms. The molecule has 0 aliphatic carbocycles. The van der Waals surface area contributed by atoms with Gasteiger partial charge in [0.05, 0.1) is 84.3 Å². The number of halogens is 6. The summed E-state index contributed by atoms with van der Waals surface area (Å²) >= 11 is 11.6. The number of amides is 1. The Morgan fingerprint density at radius 2 is 1.15 bits per heavy atom. The zero-order chi connectivity index (χ0) is 59.9. The first-order valence-corrected chi connectivity index (χ1v) is 27.6. The minimum atomic E-state index is -0.585. The first-order chi connectivity index (χ1) is 41.0. The largest absolute Gasteiger partial charge is 0.472 e. The van der Waals surface area contributed by atoms with Gasteiger partial charge < -0.3 is 43.6 Å². The molecule has 5 heterocycles. The van der Waals surface area contributed by atoms with Crippen molar-refractivity contribution in [3.8, 4) is 23.1 Å². The van der Waals surface area contributed by atoms with Crippen LogP contribution in [0.5, 0.6) is 11.8 Å². The number of hydrogen-bond donors (Lipinski definition) is 2. The number of hydrogen-bond acceptors (Lipinski definition) is 13. The van der Waals surface area contributed by atoms with Gasteiger partial charge >= 0.3 is 11.9 Å². The third-order valence-electron chi connectivity index (χ3n) is 14.3. The molecule has 2 saturated heterocycles. The Bertz CT molecular complexity index is 3960. The number of aryl methyl sites for hydroxylation is 2. The monoisotopic (exact) mass is 1200 g/mol. The minimum absolute atomic E-state index is 0.0275. The number of methoxy groups -OCH3 is 2. The van der Waals surface area contributed by atoms with Gasteiger partial charge in [0.25, 0.3) is 0 Å². The fourth-order valence-corrected chi connectivity index (χ4v) is 9.80. The molecule has 2 N–H and O–H groups in total. The third kappa shape index (κ3) is 14.3. The first kappa shape index (κ1) is 59.4. The van der Waals surface area contributed by atoms with Crippen molar-refractivity contribution < 1.29 is 60.4 Å². The van der Waals surface area contributed by atoms with E-state index in [9.17, 15) is 23.2 Å². The van der Waals surface area contributed by atoms with Crippen molar-refractivity contribution in [2.24, 2.45) is 0 Å². The van der Waals surface area contributed by atoms with Gasteiger partial charge in [0, 0.05) is 84.0 Å². The lowest BCUT2D eigenvalue weighted by molar-refractivity contribution is -0.115. The Morgan fingerprint density at radius 3 is 1.69 bits per heavy atom. The lowest BCUT2D eigenvalue weighted by Crippen LogP contribution is -2.33. The summed E-state index contributed by atoms with van der Waals surface area (Å²) in [6.45, 7) is 6.01. The molecule has 0 saturated carbocycles. The SMILES string of the molecule is COC(=O)c1ccc(NC(=O)Cc2cc(C)c(-n3ccc(OCc4ccc(Cl)cc4F)n3)cc2F)c(NC[C@@H]2CCO2)c1.COC(=O)c1ccc2nc(Cc3cc(C)c(-n4ccc(OCc5ccc(Cl)cc5F)n4)cc3F)n(C[C@@H]3CCO3)c2c1. The number of nitrogens with zero attached hydrogens (tertiary/aromatic N) is 6. The number of benzene rings is 6. The van der Waals surface area contributed by atoms with Gasteiger partial charge in [-0.25, -0.2) is 41.5 Å². The van der Waals surface area contributed by atoms with Crippen molar-refractivity contribution in [3.05, 3.63) is 205 Å². The predicted molar refractivity (Wildman–Crippen MR) is 309 cm³/mol. The summed E-state index contributed by atoms with van der Waals surface area (Å²) in [7, 11) is 2.63. The first-order valence-electron chi connectivity index (χ1n) is 26.9. The van der Waals surface area contributed by atoms with Crippen LogP contribution in [0.1, 0.15) is 72.8 Å². The number of imidazole rings is 1. The van der Waals surface area contributed by atoms with Crippen molar-refractivity contribution in [2.45, 2.75) is 71.5 Å². The van der Waals surface area contributed by atoms with Gasteiger partial charge in [-0.05, 0) is 110 Å². The molecule has 11 rings (SSSR count). The van der Waals surface area contributed by atoms with Crippen LogP contribution >= 0.6 is 23.2 Å². The maximum atomic E-state index is 15.5. The molecular weight excluding hydrogens is 1150 g/mol. The summed E-state index contributed by atoms with van der Waals surface area (Å²) < 4.78 is 95.9. The van der Waals surface area contributed by atoms with Gasteiger partial charge in [0.2, 0.25) is 17.7 Å². The molecule has 17 nitrogen and oxygen atoms in total. The van der Waals surface area contributed by atoms with Gasteiger partial charge in [-0.15, -0.1) is 10.2 Å². The summed E-state index contributed by atoms with van der Waals surface area (Å²) in [6.07, 6.45) is 5.18. The molecule has 0 unspecified atom stereocenters. The molecule has 0 radical (unpaired) electrons. The van der Waals surface area contributed by atoms with Gasteiger partial charge in [0.1, 0.15) is 42.3 Å². The number of aromatic nitrogens is 6. The number of nitrogens with one attached hydrogen (secondary N) is 2. The summed E-state index contributed by atoms with van der Waals surface area (Å²) in [5, 5.41) is 15.3. The standard InChI is InChI=1S/C31H29ClF2N4O5.C31H27ClF2N4O4/c1-18-11-21(13-29(39)36-26-6-4-19(31(40)41-2)12-27(26)35-16-23-8-10-42-23)25(34)15-28(18)38-9-7-30(37-38)43-17-20-3-5-22(32)14-24(20)33;1-18-11-21(13-29-35-26-6-4-19(31(39)40-2)12-28(26)37(29)16-23-8-10-41-23)25(34)15-27(18)38-9-7-30(36-38)42-17-20-3-5-22(32)14-24(20)33/h3-7,9,11-12,14-15,23,35H,8,10,13,16-17H2,1-2H3,(H,36,39);3-7,9,11-12,14-15,23H,8,10,13,16-17H2,1-2H3/t2*23-/m00/s1. The number of esters is 2. The van der Waals surface area contributed by atoms with Crippen molar-refractivity contribution in [1.82, 2.24) is 29.1 Å². The molecule has 440 valence electrons. The zero-order valence-electron chi connectivity index (χ0n) is 46.4. The highest BCUT2D eigenvalue weighted by molar-refractivity contribution is 6.30. The number of rotatable bonds is 20. The van der Waals surface area contributed by atoms with Crippen LogP contribution in [0.25, 0.3) is 22.4 Å². The van der Waals surface area contributed by atoms with Crippen molar-refractivity contribution in [2.75, 3.05) is 44.6 Å². The molecule has 23 heteroatoms. The van der Waals surface area contributed by atoms with E-state index in [2.05, 4.69) is 20.8 Å². The maximum absolute atomic E-state index is 15.5. The molecule has 85 heavy (non-hydrogen) atoms. The Hall–Kier alpha value is -8.76. The van der Waals surface area contributed by atoms with Crippen LogP contribution in [0.3, 0.4) is 0 Å². The second-order valence-corrected chi connectivity index (χ2v) is 21.0. The molecule has 1 amide bonds. The lowest BCUT2D eigenvalue weighted by atomic mass is 10.1. The molecule has 2 fully saturated rings. The third-order valence-corrected chi connectivity index (χ3v) is 14.8. The Labute approximate surface area is 495 Å². The van der Waals surface area contributed by atoms with E-state index in [4.69, 9.17) is 56.6 Å². The van der Waals surface area contributed by atoms with Crippen molar-refractivity contribution in [1.29, 1.82) is 0 Å². The molecule has 2 atom stereocenters. The number of fused-ring (bicyclic) bond motifs is 1. The van der Waals surface area contributed by atoms with Gasteiger partial charge in [-0.2, -0.15) is 0 Å². The highest BCUT2D eigenvalue weighted by atomic mass is 35.5. The fourth-order valence-electron chi connectivity index (χ4n) is 9.48. The molecular formula is C62H56Cl2F4N8O9. The molecule has 2 aliphatic rings. The number of anilines is 2. The van der Waals surface area contributed by atoms with E-state index in [1.807, 2.05) is 11.5 Å². The highest BCUT2D eigenvalue weighted by Gasteiger charge is 2.25. The number of ether oxygens (including phenoxy) is 6. The molecule has 2 aliphatic heterocycles. The lowest BCUT2D eigenvalue weighted by Gasteiger charge is -2.27. The van der Waals surface area contributed by atoms with E-state index in [1.165, 1.54) is 53.9 Å². The van der Waals surface area contributed by atoms with E-state index in [1.54, 1.807) is 98.2 Å². The molecule has 0 spiro atoms. The average molecular weight is 1200 g/mol. The van der Waals surface area contributed by atoms with Crippen LogP contribution in [0.4, 0.5) is 28.9 Å². The second-order valence-electron chi connectivity index (χ2n) is 20.1. The normalized spacial score (nSPS) is 14.4. The summed E-state index contributed by atoms with van der Waals surface area (Å²) in [6, 6.07) is 27.9. The van der Waals surface area contributed by atoms with Crippen molar-refractivity contribution >= 4 is 63.5 Å². The van der Waals surface area contributed by atoms with Gasteiger partial charge in [-0.3, -0.25) is 4.79 Å². The van der Waals surface area contributed by atoms with E-state index < -0.39 is 41.1 Å². The maximum Gasteiger partial charge on any atom is 0.337 e. The zero-order valence-corrected chi connectivity index (χ0v) is 47.9. The fraction of sp³-hybridized carbons (Fsp3) is 0.258. The van der Waals surface area contributed by atoms with Crippen LogP contribution in [0, 0.1) is 37.1 Å². The summed E-state index contributed by atoms with van der Waals surface area (Å²) in [4.78, 5) is 41.9. The number of carbonyl (C=O) groups excluding carboxylic acids is 3. The van der Waals surface area contributed by atoms with Crippen LogP contribution < -0.4 is 20.1 Å². The summed E-state index contributed by atoms with van der Waals surface area (Å²) in [5.41, 5.74) is 6.96. The van der Waals surface area contributed by atoms with Crippen LogP contribution in [-0.4, -0.2) is 93.1 Å². The van der Waals surface area contributed by atoms with Crippen LogP contribution in [-0.2, 0) is 56.3 Å². The minimum Gasteiger partial charge on any atom is -0.472 e.